The minimum absolute atomic E-state index is 0.0149. The maximum absolute atomic E-state index is 13.5. The summed E-state index contributed by atoms with van der Waals surface area (Å²) in [5.41, 5.74) is 3.41. The van der Waals surface area contributed by atoms with Gasteiger partial charge in [-0.25, -0.2) is 4.79 Å². The number of quaternary nitrogens is 1. The van der Waals surface area contributed by atoms with Gasteiger partial charge in [0.05, 0.1) is 26.2 Å². The number of hydrogen-bond acceptors (Lipinski definition) is 2. The maximum atomic E-state index is 13.5. The predicted octanol–water partition coefficient (Wildman–Crippen LogP) is 6.46. The highest BCUT2D eigenvalue weighted by molar-refractivity contribution is 5.87. The average molecular weight is 470 g/mol. The number of anilines is 1. The molecule has 35 heavy (non-hydrogen) atoms. The zero-order valence-electron chi connectivity index (χ0n) is 20.6. The zero-order chi connectivity index (χ0) is 23.9. The Labute approximate surface area is 209 Å². The van der Waals surface area contributed by atoms with Gasteiger partial charge in [-0.2, -0.15) is 0 Å². The molecule has 1 amide bonds. The molecule has 0 spiro atoms. The number of piperidine rings is 3. The number of carbonyl (C=O) groups excluding carboxylic acids is 1. The van der Waals surface area contributed by atoms with Gasteiger partial charge in [0.15, 0.2) is 6.10 Å². The van der Waals surface area contributed by atoms with Crippen molar-refractivity contribution in [1.82, 2.24) is 0 Å². The highest BCUT2D eigenvalue weighted by Gasteiger charge is 2.47. The largest absolute Gasteiger partial charge is 0.440 e. The molecule has 3 aromatic rings. The zero-order valence-corrected chi connectivity index (χ0v) is 20.6. The van der Waals surface area contributed by atoms with Crippen LogP contribution in [-0.2, 0) is 17.7 Å². The Morgan fingerprint density at radius 3 is 2.06 bits per heavy atom. The predicted molar refractivity (Wildman–Crippen MR) is 141 cm³/mol. The first-order valence-corrected chi connectivity index (χ1v) is 13.2. The molecule has 4 heteroatoms. The lowest BCUT2D eigenvalue weighted by atomic mass is 9.83. The molecule has 3 heterocycles. The van der Waals surface area contributed by atoms with Gasteiger partial charge in [-0.05, 0) is 42.5 Å². The number of benzene rings is 3. The van der Waals surface area contributed by atoms with Crippen molar-refractivity contribution in [2.45, 2.75) is 44.8 Å². The summed E-state index contributed by atoms with van der Waals surface area (Å²) in [6.45, 7) is 5.14. The summed E-state index contributed by atoms with van der Waals surface area (Å²) in [5.74, 6) is 0.498. The van der Waals surface area contributed by atoms with E-state index in [4.69, 9.17) is 4.74 Å². The van der Waals surface area contributed by atoms with E-state index in [1.165, 1.54) is 50.9 Å². The number of hydrogen-bond donors (Lipinski definition) is 0. The number of carbonyl (C=O) groups is 1. The van der Waals surface area contributed by atoms with Crippen LogP contribution in [0.2, 0.25) is 0 Å². The van der Waals surface area contributed by atoms with Crippen LogP contribution in [0.5, 0.6) is 0 Å². The van der Waals surface area contributed by atoms with Crippen LogP contribution >= 0.6 is 0 Å². The van der Waals surface area contributed by atoms with E-state index in [1.54, 1.807) is 4.90 Å². The van der Waals surface area contributed by atoms with E-state index in [2.05, 4.69) is 42.5 Å². The molecule has 3 fully saturated rings. The van der Waals surface area contributed by atoms with Crippen LogP contribution in [0, 0.1) is 5.92 Å². The molecule has 0 radical (unpaired) electrons. The fourth-order valence-corrected chi connectivity index (χ4v) is 5.92. The number of ether oxygens (including phenoxy) is 1. The molecule has 0 N–H and O–H groups in total. The number of para-hydroxylation sites is 1. The molecule has 0 aliphatic carbocycles. The molecule has 0 aromatic heterocycles. The number of rotatable bonds is 9. The second kappa shape index (κ2) is 11.1. The Balaban J connectivity index is 1.21. The smallest absolute Gasteiger partial charge is 0.415 e. The van der Waals surface area contributed by atoms with Gasteiger partial charge in [-0.15, -0.1) is 0 Å². The molecule has 0 unspecified atom stereocenters. The van der Waals surface area contributed by atoms with Crippen LogP contribution in [0.15, 0.2) is 91.0 Å². The van der Waals surface area contributed by atoms with E-state index in [0.717, 1.165) is 28.7 Å². The molecule has 4 nitrogen and oxygen atoms in total. The van der Waals surface area contributed by atoms with Crippen LogP contribution in [-0.4, -0.2) is 42.9 Å². The van der Waals surface area contributed by atoms with Gasteiger partial charge in [0.2, 0.25) is 0 Å². The summed E-state index contributed by atoms with van der Waals surface area (Å²) in [4.78, 5) is 15.3. The van der Waals surface area contributed by atoms with Gasteiger partial charge in [0, 0.05) is 24.4 Å². The highest BCUT2D eigenvalue weighted by Crippen LogP contribution is 2.36. The molecule has 3 aliphatic rings. The van der Waals surface area contributed by atoms with Crippen molar-refractivity contribution < 1.29 is 14.0 Å². The lowest BCUT2D eigenvalue weighted by Crippen LogP contribution is -2.65. The Morgan fingerprint density at radius 1 is 0.800 bits per heavy atom. The van der Waals surface area contributed by atoms with E-state index in [0.29, 0.717) is 12.5 Å². The molecule has 0 saturated carbocycles. The second-order valence-corrected chi connectivity index (χ2v) is 10.3. The van der Waals surface area contributed by atoms with Gasteiger partial charge < -0.3 is 9.22 Å². The number of amides is 1. The molecule has 6 rings (SSSR count). The molecular formula is C31H37N2O2+. The quantitative estimate of drug-likeness (QED) is 0.266. The van der Waals surface area contributed by atoms with Crippen LogP contribution in [0.3, 0.4) is 0 Å². The molecule has 3 aromatic carbocycles. The van der Waals surface area contributed by atoms with Gasteiger partial charge in [-0.3, -0.25) is 4.90 Å². The third kappa shape index (κ3) is 5.94. The number of aryl methyl sites for hydroxylation is 1. The first-order valence-electron chi connectivity index (χ1n) is 13.2. The van der Waals surface area contributed by atoms with Crippen LogP contribution in [0.4, 0.5) is 10.5 Å². The summed E-state index contributed by atoms with van der Waals surface area (Å²) in [5, 5.41) is 0. The van der Waals surface area contributed by atoms with E-state index < -0.39 is 0 Å². The van der Waals surface area contributed by atoms with Crippen molar-refractivity contribution in [3.63, 3.8) is 0 Å². The summed E-state index contributed by atoms with van der Waals surface area (Å²) >= 11 is 0. The third-order valence-electron chi connectivity index (χ3n) is 7.96. The first kappa shape index (κ1) is 23.6. The Morgan fingerprint density at radius 2 is 1.40 bits per heavy atom. The Bertz CT molecular complexity index is 1060. The molecule has 2 bridgehead atoms. The molecule has 3 saturated heterocycles. The van der Waals surface area contributed by atoms with Crippen molar-refractivity contribution in [3.05, 3.63) is 102 Å². The van der Waals surface area contributed by atoms with E-state index in [-0.39, 0.29) is 12.2 Å². The summed E-state index contributed by atoms with van der Waals surface area (Å²) in [7, 11) is 0. The van der Waals surface area contributed by atoms with Crippen molar-refractivity contribution in [3.8, 4) is 0 Å². The molecule has 1 atom stereocenters. The second-order valence-electron chi connectivity index (χ2n) is 10.3. The fraction of sp³-hybridized carbons (Fsp3) is 0.387. The van der Waals surface area contributed by atoms with Crippen LogP contribution in [0.1, 0.15) is 36.8 Å². The Hall–Kier alpha value is -3.11. The van der Waals surface area contributed by atoms with Crippen molar-refractivity contribution in [2.75, 3.05) is 31.1 Å². The molecular weight excluding hydrogens is 432 g/mol. The third-order valence-corrected chi connectivity index (χ3v) is 7.96. The minimum atomic E-state index is -0.221. The standard InChI is InChI=1S/C31H37N2O2/c34-31(32(29-17-8-3-9-18-29)24-27-15-6-2-7-16-27)35-30-25-33(22-19-28(30)20-23-33)21-11-10-14-26-12-4-1-5-13-26/h1-9,12-13,15-18,28,30H,10-11,14,19-25H2/q+1/t28?,30-,33?/m0/s1. The fourth-order valence-electron chi connectivity index (χ4n) is 5.92. The van der Waals surface area contributed by atoms with E-state index in [9.17, 15) is 4.79 Å². The Kier molecular flexibility index (Phi) is 7.48. The monoisotopic (exact) mass is 469 g/mol. The van der Waals surface area contributed by atoms with Gasteiger partial charge in [0.25, 0.3) is 0 Å². The summed E-state index contributed by atoms with van der Waals surface area (Å²) in [6.07, 6.45) is 5.72. The van der Waals surface area contributed by atoms with Gasteiger partial charge in [-0.1, -0.05) is 78.9 Å². The van der Waals surface area contributed by atoms with Crippen molar-refractivity contribution in [2.24, 2.45) is 5.92 Å². The molecule has 182 valence electrons. The first-order chi connectivity index (χ1) is 17.2. The van der Waals surface area contributed by atoms with Crippen LogP contribution in [0.25, 0.3) is 0 Å². The summed E-state index contributed by atoms with van der Waals surface area (Å²) < 4.78 is 7.40. The highest BCUT2D eigenvalue weighted by atomic mass is 16.6. The summed E-state index contributed by atoms with van der Waals surface area (Å²) in [6, 6.07) is 30.9. The molecule has 3 aliphatic heterocycles. The maximum Gasteiger partial charge on any atom is 0.415 e. The van der Waals surface area contributed by atoms with Crippen molar-refractivity contribution >= 4 is 11.8 Å². The number of unbranched alkanes of at least 4 members (excludes halogenated alkanes) is 1. The minimum Gasteiger partial charge on any atom is -0.440 e. The van der Waals surface area contributed by atoms with E-state index in [1.807, 2.05) is 48.5 Å². The topological polar surface area (TPSA) is 29.5 Å². The van der Waals surface area contributed by atoms with E-state index >= 15 is 0 Å². The normalized spacial score (nSPS) is 23.1. The lowest BCUT2D eigenvalue weighted by Gasteiger charge is -2.52. The number of nitrogens with zero attached hydrogens (tertiary/aromatic N) is 2. The number of fused-ring (bicyclic) bond motifs is 3. The SMILES string of the molecule is O=C(O[C@H]1C[N+]2(CCCCc3ccccc3)CCC1CC2)N(Cc1ccccc1)c1ccccc1. The lowest BCUT2D eigenvalue weighted by molar-refractivity contribution is -0.946. The van der Waals surface area contributed by atoms with Gasteiger partial charge in [0.1, 0.15) is 6.54 Å². The van der Waals surface area contributed by atoms with Crippen molar-refractivity contribution in [1.29, 1.82) is 0 Å². The van der Waals surface area contributed by atoms with Gasteiger partial charge >= 0.3 is 6.09 Å². The van der Waals surface area contributed by atoms with Crippen LogP contribution < -0.4 is 4.90 Å². The average Bonchev–Trinajstić information content (AvgIpc) is 2.92.